The normalized spacial score (nSPS) is 10.7. The molecule has 0 spiro atoms. The number of Topliss-reactive ketones (excluding diaryl/α,β-unsaturated/α-hetero) is 1. The molecule has 2 aromatic rings. The van der Waals surface area contributed by atoms with Crippen molar-refractivity contribution in [3.63, 3.8) is 0 Å². The van der Waals surface area contributed by atoms with E-state index in [4.69, 9.17) is 0 Å². The summed E-state index contributed by atoms with van der Waals surface area (Å²) in [5, 5.41) is 0. The predicted molar refractivity (Wildman–Crippen MR) is 93.5 cm³/mol. The average Bonchev–Trinajstić information content (AvgIpc) is 2.41. The van der Waals surface area contributed by atoms with Crippen molar-refractivity contribution < 1.29 is 4.79 Å². The Bertz CT molecular complexity index is 570. The Kier molecular flexibility index (Phi) is 5.54. The topological polar surface area (TPSA) is 17.1 Å². The van der Waals surface area contributed by atoms with Crippen molar-refractivity contribution in [1.82, 2.24) is 0 Å². The van der Waals surface area contributed by atoms with E-state index >= 15 is 0 Å². The Hall–Kier alpha value is -1.89. The molecule has 116 valence electrons. The number of hydrogen-bond donors (Lipinski definition) is 0. The van der Waals surface area contributed by atoms with Gasteiger partial charge in [0.05, 0.1) is 0 Å². The summed E-state index contributed by atoms with van der Waals surface area (Å²) in [7, 11) is 0. The van der Waals surface area contributed by atoms with Crippen LogP contribution in [-0.4, -0.2) is 5.78 Å². The minimum absolute atomic E-state index is 0.360. The van der Waals surface area contributed by atoms with Gasteiger partial charge in [0.15, 0.2) is 0 Å². The third-order valence-corrected chi connectivity index (χ3v) is 3.95. The van der Waals surface area contributed by atoms with Crippen LogP contribution in [0.5, 0.6) is 0 Å². The lowest BCUT2D eigenvalue weighted by Crippen LogP contribution is -2.03. The number of ketones is 1. The summed E-state index contributed by atoms with van der Waals surface area (Å²) in [6.45, 7) is 8.44. The van der Waals surface area contributed by atoms with Crippen LogP contribution in [0, 0.1) is 27.7 Å². The van der Waals surface area contributed by atoms with Crippen molar-refractivity contribution in [1.29, 1.82) is 0 Å². The SMILES string of the molecule is Cc1cc(C)cc(CCC(=O)CCc2cc(C)cc(C)c2)c1. The highest BCUT2D eigenvalue weighted by atomic mass is 16.1. The second-order valence-electron chi connectivity index (χ2n) is 6.53. The van der Waals surface area contributed by atoms with Crippen LogP contribution in [0.3, 0.4) is 0 Å². The first kappa shape index (κ1) is 16.5. The monoisotopic (exact) mass is 294 g/mol. The van der Waals surface area contributed by atoms with Crippen molar-refractivity contribution in [2.75, 3.05) is 0 Å². The van der Waals surface area contributed by atoms with Gasteiger partial charge >= 0.3 is 0 Å². The number of benzene rings is 2. The molecule has 0 amide bonds. The van der Waals surface area contributed by atoms with Crippen LogP contribution in [0.25, 0.3) is 0 Å². The van der Waals surface area contributed by atoms with Gasteiger partial charge in [-0.05, 0) is 51.7 Å². The Morgan fingerprint density at radius 3 is 1.27 bits per heavy atom. The Balaban J connectivity index is 1.85. The van der Waals surface area contributed by atoms with E-state index in [-0.39, 0.29) is 0 Å². The number of hydrogen-bond acceptors (Lipinski definition) is 1. The lowest BCUT2D eigenvalue weighted by Gasteiger charge is -2.06. The van der Waals surface area contributed by atoms with Crippen LogP contribution in [0.15, 0.2) is 36.4 Å². The van der Waals surface area contributed by atoms with E-state index in [1.165, 1.54) is 33.4 Å². The van der Waals surface area contributed by atoms with Crippen LogP contribution in [0.2, 0.25) is 0 Å². The molecule has 22 heavy (non-hydrogen) atoms. The highest BCUT2D eigenvalue weighted by molar-refractivity contribution is 5.78. The fourth-order valence-corrected chi connectivity index (χ4v) is 3.12. The second-order valence-corrected chi connectivity index (χ2v) is 6.53. The minimum atomic E-state index is 0.360. The molecule has 0 fully saturated rings. The zero-order valence-electron chi connectivity index (χ0n) is 14.2. The third-order valence-electron chi connectivity index (χ3n) is 3.95. The summed E-state index contributed by atoms with van der Waals surface area (Å²) in [6, 6.07) is 13.1. The van der Waals surface area contributed by atoms with E-state index in [0.29, 0.717) is 18.6 Å². The molecule has 0 aliphatic rings. The first-order valence-electron chi connectivity index (χ1n) is 8.08. The minimum Gasteiger partial charge on any atom is -0.300 e. The van der Waals surface area contributed by atoms with Gasteiger partial charge in [-0.15, -0.1) is 0 Å². The van der Waals surface area contributed by atoms with E-state index in [9.17, 15) is 4.79 Å². The molecular formula is C21H26O. The molecule has 2 aromatic carbocycles. The van der Waals surface area contributed by atoms with Crippen molar-refractivity contribution in [3.8, 4) is 0 Å². The quantitative estimate of drug-likeness (QED) is 0.728. The second kappa shape index (κ2) is 7.40. The van der Waals surface area contributed by atoms with Crippen molar-refractivity contribution in [2.24, 2.45) is 0 Å². The largest absolute Gasteiger partial charge is 0.300 e. The molecule has 0 bridgehead atoms. The maximum atomic E-state index is 12.1. The number of aryl methyl sites for hydroxylation is 6. The van der Waals surface area contributed by atoms with Crippen LogP contribution in [-0.2, 0) is 17.6 Å². The molecule has 0 heterocycles. The lowest BCUT2D eigenvalue weighted by atomic mass is 9.99. The van der Waals surface area contributed by atoms with E-state index in [0.717, 1.165) is 12.8 Å². The lowest BCUT2D eigenvalue weighted by molar-refractivity contribution is -0.119. The van der Waals surface area contributed by atoms with Gasteiger partial charge in [-0.3, -0.25) is 4.79 Å². The van der Waals surface area contributed by atoms with E-state index in [1.54, 1.807) is 0 Å². The van der Waals surface area contributed by atoms with Crippen LogP contribution in [0.4, 0.5) is 0 Å². The molecular weight excluding hydrogens is 268 g/mol. The molecule has 0 aromatic heterocycles. The molecule has 0 unspecified atom stereocenters. The molecule has 1 nitrogen and oxygen atoms in total. The van der Waals surface area contributed by atoms with E-state index in [1.807, 2.05) is 0 Å². The molecule has 0 N–H and O–H groups in total. The molecule has 0 aliphatic heterocycles. The van der Waals surface area contributed by atoms with Gasteiger partial charge in [0.25, 0.3) is 0 Å². The predicted octanol–water partition coefficient (Wildman–Crippen LogP) is 5.05. The van der Waals surface area contributed by atoms with E-state index < -0.39 is 0 Å². The Morgan fingerprint density at radius 2 is 0.955 bits per heavy atom. The van der Waals surface area contributed by atoms with Crippen molar-refractivity contribution in [2.45, 2.75) is 53.4 Å². The number of carbonyl (C=O) groups excluding carboxylic acids is 1. The first-order chi connectivity index (χ1) is 10.4. The molecule has 0 atom stereocenters. The maximum Gasteiger partial charge on any atom is 0.133 e. The van der Waals surface area contributed by atoms with Gasteiger partial charge < -0.3 is 0 Å². The van der Waals surface area contributed by atoms with E-state index in [2.05, 4.69) is 64.1 Å². The van der Waals surface area contributed by atoms with Gasteiger partial charge in [-0.25, -0.2) is 0 Å². The van der Waals surface area contributed by atoms with Crippen LogP contribution >= 0.6 is 0 Å². The van der Waals surface area contributed by atoms with Gasteiger partial charge in [0, 0.05) is 12.8 Å². The third kappa shape index (κ3) is 5.14. The summed E-state index contributed by atoms with van der Waals surface area (Å²) in [6.07, 6.45) is 3.00. The highest BCUT2D eigenvalue weighted by Gasteiger charge is 2.05. The molecule has 2 rings (SSSR count). The summed E-state index contributed by atoms with van der Waals surface area (Å²) in [5.74, 6) is 0.360. The molecule has 0 radical (unpaired) electrons. The van der Waals surface area contributed by atoms with Gasteiger partial charge in [-0.2, -0.15) is 0 Å². The standard InChI is InChI=1S/C21H26O/c1-15-9-16(2)12-19(11-15)5-7-21(22)8-6-20-13-17(3)10-18(4)14-20/h9-14H,5-8H2,1-4H3. The Morgan fingerprint density at radius 1 is 0.636 bits per heavy atom. The molecule has 0 saturated heterocycles. The Labute approximate surface area is 134 Å². The van der Waals surface area contributed by atoms with Gasteiger partial charge in [0.2, 0.25) is 0 Å². The highest BCUT2D eigenvalue weighted by Crippen LogP contribution is 2.14. The van der Waals surface area contributed by atoms with Gasteiger partial charge in [0.1, 0.15) is 5.78 Å². The smallest absolute Gasteiger partial charge is 0.133 e. The summed E-state index contributed by atoms with van der Waals surface area (Å²) >= 11 is 0. The van der Waals surface area contributed by atoms with Crippen LogP contribution < -0.4 is 0 Å². The summed E-state index contributed by atoms with van der Waals surface area (Å²) < 4.78 is 0. The van der Waals surface area contributed by atoms with Crippen molar-refractivity contribution >= 4 is 5.78 Å². The zero-order valence-corrected chi connectivity index (χ0v) is 14.2. The molecule has 0 aliphatic carbocycles. The van der Waals surface area contributed by atoms with Gasteiger partial charge in [-0.1, -0.05) is 58.7 Å². The maximum absolute atomic E-state index is 12.1. The van der Waals surface area contributed by atoms with Crippen molar-refractivity contribution in [3.05, 3.63) is 69.8 Å². The number of carbonyl (C=O) groups is 1. The first-order valence-corrected chi connectivity index (χ1v) is 8.08. The average molecular weight is 294 g/mol. The summed E-state index contributed by atoms with van der Waals surface area (Å²) in [5.41, 5.74) is 7.65. The van der Waals surface area contributed by atoms with Crippen LogP contribution in [0.1, 0.15) is 46.2 Å². The fraction of sp³-hybridized carbons (Fsp3) is 0.381. The molecule has 1 heteroatoms. The molecule has 0 saturated carbocycles. The number of rotatable bonds is 6. The fourth-order valence-electron chi connectivity index (χ4n) is 3.12. The zero-order chi connectivity index (χ0) is 16.1. The summed E-state index contributed by atoms with van der Waals surface area (Å²) in [4.78, 5) is 12.1.